The Morgan fingerprint density at radius 3 is 2.32 bits per heavy atom. The number of hydrogen-bond acceptors (Lipinski definition) is 19. The average Bonchev–Trinajstić information content (AvgIpc) is 3.44. The molecular weight excluding hydrogens is 662 g/mol. The van der Waals surface area contributed by atoms with Gasteiger partial charge >= 0.3 is 59.1 Å². The smallest absolute Gasteiger partial charge is 0.756 e. The molecule has 2 aliphatic heterocycles. The van der Waals surface area contributed by atoms with Gasteiger partial charge in [-0.2, -0.15) is 4.98 Å². The van der Waals surface area contributed by atoms with Crippen molar-refractivity contribution < 1.29 is 131 Å². The fourth-order valence-corrected chi connectivity index (χ4v) is 6.14. The van der Waals surface area contributed by atoms with Crippen LogP contribution >= 0.6 is 15.6 Å². The Kier molecular flexibility index (Phi) is 14.6. The molecule has 8 N–H and O–H groups in total. The molecule has 25 heteroatoms. The molecule has 234 valence electrons. The van der Waals surface area contributed by atoms with E-state index in [9.17, 15) is 49.2 Å². The molecule has 0 amide bonds. The van der Waals surface area contributed by atoms with E-state index < -0.39 is 89.7 Å². The molecule has 11 unspecified atom stereocenters. The summed E-state index contributed by atoms with van der Waals surface area (Å²) in [6, 6.07) is 0. The van der Waals surface area contributed by atoms with Gasteiger partial charge in [0.15, 0.2) is 23.7 Å². The van der Waals surface area contributed by atoms with Crippen LogP contribution in [-0.2, 0) is 36.7 Å². The minimum atomic E-state index is -5.92. The number of aromatic nitrogens is 4. The van der Waals surface area contributed by atoms with E-state index in [2.05, 4.69) is 34.2 Å². The molecule has 0 bridgehead atoms. The molecule has 4 rings (SSSR count). The van der Waals surface area contributed by atoms with Crippen LogP contribution in [0.1, 0.15) is 6.23 Å². The summed E-state index contributed by atoms with van der Waals surface area (Å²) in [7, 11) is -11.7. The molecule has 21 nitrogen and oxygen atoms in total. The number of phosphoric ester groups is 2. The maximum atomic E-state index is 12.3. The summed E-state index contributed by atoms with van der Waals surface area (Å²) in [6.07, 6.45) is -10.2. The van der Waals surface area contributed by atoms with Gasteiger partial charge in [0.25, 0.3) is 21.2 Å². The number of imidazole rings is 1. The molecule has 0 aromatic carbocycles. The predicted molar refractivity (Wildman–Crippen MR) is 128 cm³/mol. The molecule has 2 saturated heterocycles. The van der Waals surface area contributed by atoms with Crippen molar-refractivity contribution in [1.82, 2.24) is 19.5 Å². The molecule has 0 radical (unpaired) electrons. The first-order chi connectivity index (χ1) is 19.6. The summed E-state index contributed by atoms with van der Waals surface area (Å²) in [5, 5.41) is 50.8. The van der Waals surface area contributed by atoms with E-state index >= 15 is 0 Å². The Morgan fingerprint density at radius 1 is 1.02 bits per heavy atom. The number of rotatable bonds is 11. The van der Waals surface area contributed by atoms with Gasteiger partial charge in [-0.05, 0) is 0 Å². The Morgan fingerprint density at radius 2 is 1.66 bits per heavy atom. The van der Waals surface area contributed by atoms with Gasteiger partial charge in [-0.1, -0.05) is 5.92 Å². The Bertz CT molecular complexity index is 1480. The number of aromatic amines is 1. The first-order valence-electron chi connectivity index (χ1n) is 11.8. The van der Waals surface area contributed by atoms with Crippen molar-refractivity contribution >= 4 is 32.8 Å². The minimum Gasteiger partial charge on any atom is -0.756 e. The summed E-state index contributed by atoms with van der Waals surface area (Å²) in [6.45, 7) is -1.79. The molecule has 2 aromatic rings. The number of nitrogens with zero attached hydrogens (tertiary/aromatic N) is 3. The fourth-order valence-electron chi connectivity index (χ4n) is 4.06. The molecular formula is C19H25N5Na2O16P2. The second-order valence-corrected chi connectivity index (χ2v) is 11.8. The van der Waals surface area contributed by atoms with Crippen molar-refractivity contribution in [3.8, 4) is 12.3 Å². The monoisotopic (exact) mass is 687 g/mol. The quantitative estimate of drug-likeness (QED) is 0.0499. The summed E-state index contributed by atoms with van der Waals surface area (Å²) in [5.74, 6) is 1.82. The topological polar surface area (TPSA) is 326 Å². The maximum Gasteiger partial charge on any atom is 1.00 e. The van der Waals surface area contributed by atoms with Crippen LogP contribution in [0, 0.1) is 12.3 Å². The van der Waals surface area contributed by atoms with Crippen LogP contribution in [0.4, 0.5) is 5.95 Å². The number of terminal acetylenes is 1. The van der Waals surface area contributed by atoms with Gasteiger partial charge < -0.3 is 59.8 Å². The van der Waals surface area contributed by atoms with Crippen LogP contribution in [0.5, 0.6) is 0 Å². The zero-order chi connectivity index (χ0) is 31.0. The van der Waals surface area contributed by atoms with E-state index in [4.69, 9.17) is 26.4 Å². The number of nitrogens with one attached hydrogen (secondary N) is 1. The average molecular weight is 687 g/mol. The number of anilines is 1. The number of aliphatic hydroxyl groups is 5. The first-order valence-corrected chi connectivity index (χ1v) is 14.7. The van der Waals surface area contributed by atoms with E-state index in [1.807, 2.05) is 0 Å². The van der Waals surface area contributed by atoms with E-state index in [0.29, 0.717) is 0 Å². The summed E-state index contributed by atoms with van der Waals surface area (Å²) < 4.78 is 53.9. The van der Waals surface area contributed by atoms with E-state index in [-0.39, 0.29) is 82.8 Å². The van der Waals surface area contributed by atoms with Crippen LogP contribution in [0.25, 0.3) is 11.2 Å². The minimum absolute atomic E-state index is 0. The SMILES string of the molecule is C#CCOCC1OC(OP(=O)([O-])OP(=O)([O-])OCC2OC(n3cnc4c(=O)[nH]c(N)nc43)C(O)C2O)C(O)C(O)C1O.[Na+].[Na+]. The van der Waals surface area contributed by atoms with Gasteiger partial charge in [0, 0.05) is 0 Å². The van der Waals surface area contributed by atoms with Crippen LogP contribution in [0.2, 0.25) is 0 Å². The van der Waals surface area contributed by atoms with Gasteiger partial charge in [0.1, 0.15) is 49.3 Å². The predicted octanol–water partition coefficient (Wildman–Crippen LogP) is -11.2. The van der Waals surface area contributed by atoms with Crippen LogP contribution in [-0.4, -0.2) is 114 Å². The van der Waals surface area contributed by atoms with Crippen molar-refractivity contribution in [3.05, 3.63) is 16.7 Å². The number of aliphatic hydroxyl groups excluding tert-OH is 5. The summed E-state index contributed by atoms with van der Waals surface area (Å²) in [5.41, 5.74) is 4.50. The number of hydrogen-bond donors (Lipinski definition) is 7. The second-order valence-electron chi connectivity index (χ2n) is 8.93. The molecule has 0 aliphatic carbocycles. The van der Waals surface area contributed by atoms with Crippen molar-refractivity contribution in [1.29, 1.82) is 0 Å². The van der Waals surface area contributed by atoms with Crippen molar-refractivity contribution in [2.45, 2.75) is 55.2 Å². The Labute approximate surface area is 291 Å². The maximum absolute atomic E-state index is 12.3. The molecule has 44 heavy (non-hydrogen) atoms. The van der Waals surface area contributed by atoms with Gasteiger partial charge in [0.05, 0.1) is 19.5 Å². The van der Waals surface area contributed by atoms with Crippen molar-refractivity contribution in [2.24, 2.45) is 0 Å². The molecule has 11 atom stereocenters. The standard InChI is InChI=1S/C19H27N5O16P2.2Na/c1-2-3-35-4-7-10(25)12(27)14(29)18(38-7)39-42(33,34)40-41(31,32)36-5-8-11(26)13(28)17(37-8)24-6-21-9-15(24)22-19(20)23-16(9)30;;/h1,6-8,10-14,17-18,25-29H,3-5H2,(H,31,32)(H,33,34)(H3,20,22,23,30);;/q;2*+1/p-2. The normalized spacial score (nSPS) is 33.0. The third-order valence-electron chi connectivity index (χ3n) is 6.03. The van der Waals surface area contributed by atoms with E-state index in [0.717, 1.165) is 10.9 Å². The third-order valence-corrected chi connectivity index (χ3v) is 8.56. The molecule has 2 aliphatic rings. The van der Waals surface area contributed by atoms with Crippen LogP contribution in [0.15, 0.2) is 11.1 Å². The van der Waals surface area contributed by atoms with Crippen LogP contribution in [0.3, 0.4) is 0 Å². The zero-order valence-corrected chi connectivity index (χ0v) is 28.8. The largest absolute Gasteiger partial charge is 1.00 e. The summed E-state index contributed by atoms with van der Waals surface area (Å²) >= 11 is 0. The number of H-pyrrole nitrogens is 1. The number of fused-ring (bicyclic) bond motifs is 1. The number of ether oxygens (including phenoxy) is 3. The molecule has 0 spiro atoms. The summed E-state index contributed by atoms with van der Waals surface area (Å²) in [4.78, 5) is 46.4. The zero-order valence-electron chi connectivity index (χ0n) is 23.0. The molecule has 4 heterocycles. The Hall–Kier alpha value is -0.350. The van der Waals surface area contributed by atoms with E-state index in [1.165, 1.54) is 0 Å². The number of phosphoric acid groups is 2. The number of nitrogen functional groups attached to an aromatic ring is 1. The fraction of sp³-hybridized carbons (Fsp3) is 0.632. The third kappa shape index (κ3) is 9.17. The van der Waals surface area contributed by atoms with Crippen LogP contribution < -0.4 is 80.2 Å². The number of nitrogens with two attached hydrogens (primary N) is 1. The van der Waals surface area contributed by atoms with Gasteiger partial charge in [-0.15, -0.1) is 6.42 Å². The molecule has 0 saturated carbocycles. The van der Waals surface area contributed by atoms with Gasteiger partial charge in [-0.25, -0.2) is 9.29 Å². The van der Waals surface area contributed by atoms with Gasteiger partial charge in [0.2, 0.25) is 5.95 Å². The van der Waals surface area contributed by atoms with Crippen molar-refractivity contribution in [2.75, 3.05) is 25.6 Å². The second kappa shape index (κ2) is 16.2. The van der Waals surface area contributed by atoms with Gasteiger partial charge in [-0.3, -0.25) is 28.0 Å². The van der Waals surface area contributed by atoms with Crippen molar-refractivity contribution in [3.63, 3.8) is 0 Å². The first kappa shape index (κ1) is 39.8. The molecule has 2 aromatic heterocycles. The molecule has 2 fully saturated rings. The Balaban J connectivity index is 0.00000337. The van der Waals surface area contributed by atoms with E-state index in [1.54, 1.807) is 0 Å².